The highest BCUT2D eigenvalue weighted by molar-refractivity contribution is 7.90. The first-order valence-electron chi connectivity index (χ1n) is 17.0. The normalized spacial score (nSPS) is 32.1. The lowest BCUT2D eigenvalue weighted by Crippen LogP contribution is -2.53. The summed E-state index contributed by atoms with van der Waals surface area (Å²) in [4.78, 5) is 24.3. The van der Waals surface area contributed by atoms with E-state index < -0.39 is 26.8 Å². The highest BCUT2D eigenvalue weighted by Crippen LogP contribution is 2.49. The third kappa shape index (κ3) is 6.23. The number of allylic oxidation sites excluding steroid dienone is 1. The Kier molecular flexibility index (Phi) is 8.79. The number of aromatic nitrogens is 2. The molecule has 0 saturated heterocycles. The van der Waals surface area contributed by atoms with Gasteiger partial charge in [-0.3, -0.25) is 4.79 Å². The summed E-state index contributed by atoms with van der Waals surface area (Å²) >= 11 is 6.44. The van der Waals surface area contributed by atoms with Crippen LogP contribution in [0.25, 0.3) is 0 Å². The summed E-state index contributed by atoms with van der Waals surface area (Å²) in [6.07, 6.45) is 12.4. The molecule has 254 valence electrons. The van der Waals surface area contributed by atoms with Gasteiger partial charge in [0.05, 0.1) is 23.1 Å². The Morgan fingerprint density at radius 1 is 1.15 bits per heavy atom. The number of halogens is 1. The molecule has 2 aliphatic carbocycles. The second-order valence-corrected chi connectivity index (χ2v) is 16.9. The number of benzene rings is 2. The molecule has 3 heterocycles. The van der Waals surface area contributed by atoms with Gasteiger partial charge in [-0.25, -0.2) is 23.1 Å². The predicted molar refractivity (Wildman–Crippen MR) is 186 cm³/mol. The predicted octanol–water partition coefficient (Wildman–Crippen LogP) is 5.65. The van der Waals surface area contributed by atoms with E-state index in [9.17, 15) is 18.3 Å². The number of nitrogens with zero attached hydrogens (tertiary/aromatic N) is 3. The quantitative estimate of drug-likeness (QED) is 0.331. The van der Waals surface area contributed by atoms with Crippen LogP contribution in [0, 0.1) is 17.8 Å². The zero-order chi connectivity index (χ0) is 33.7. The molecule has 0 radical (unpaired) electrons. The molecule has 48 heavy (non-hydrogen) atoms. The van der Waals surface area contributed by atoms with Gasteiger partial charge >= 0.3 is 0 Å². The Hall–Kier alpha value is -3.47. The van der Waals surface area contributed by atoms with Gasteiger partial charge in [-0.1, -0.05) is 36.7 Å². The lowest BCUT2D eigenvalue weighted by Gasteiger charge is -2.49. The molecule has 9 nitrogen and oxygen atoms in total. The Bertz CT molecular complexity index is 1840. The topological polar surface area (TPSA) is 122 Å². The molecule has 3 aromatic rings. The maximum Gasteiger partial charge on any atom is 0.264 e. The molecule has 1 saturated carbocycles. The molecule has 7 rings (SSSR count). The number of aryl methyl sites for hydroxylation is 1. The lowest BCUT2D eigenvalue weighted by atomic mass is 9.62. The minimum atomic E-state index is -3.99. The van der Waals surface area contributed by atoms with Crippen molar-refractivity contribution in [1.29, 1.82) is 0 Å². The number of carbonyl (C=O) groups excluding carboxylic acids is 1. The summed E-state index contributed by atoms with van der Waals surface area (Å²) in [5, 5.41) is 12.3. The van der Waals surface area contributed by atoms with Gasteiger partial charge in [-0.05, 0) is 111 Å². The highest BCUT2D eigenvalue weighted by atomic mass is 35.5. The van der Waals surface area contributed by atoms with Crippen molar-refractivity contribution in [3.8, 4) is 5.75 Å². The highest BCUT2D eigenvalue weighted by Gasteiger charge is 2.48. The van der Waals surface area contributed by atoms with Crippen LogP contribution in [0.2, 0.25) is 5.02 Å². The Morgan fingerprint density at radius 3 is 2.77 bits per heavy atom. The molecular weight excluding hydrogens is 648 g/mol. The van der Waals surface area contributed by atoms with Crippen molar-refractivity contribution in [3.63, 3.8) is 0 Å². The van der Waals surface area contributed by atoms with E-state index in [4.69, 9.17) is 16.3 Å². The molecule has 2 aromatic carbocycles. The molecule has 1 amide bonds. The number of aliphatic hydroxyl groups is 1. The average molecular weight is 691 g/mol. The van der Waals surface area contributed by atoms with Gasteiger partial charge in [0, 0.05) is 47.4 Å². The Labute approximate surface area is 287 Å². The minimum Gasteiger partial charge on any atom is -0.490 e. The van der Waals surface area contributed by atoms with Crippen LogP contribution >= 0.6 is 11.6 Å². The van der Waals surface area contributed by atoms with Crippen molar-refractivity contribution < 1.29 is 23.1 Å². The molecule has 2 bridgehead atoms. The molecule has 2 N–H and O–H groups in total. The van der Waals surface area contributed by atoms with Gasteiger partial charge in [-0.15, -0.1) is 0 Å². The number of amides is 1. The molecule has 1 fully saturated rings. The summed E-state index contributed by atoms with van der Waals surface area (Å²) in [6, 6.07) is 13.2. The molecule has 2 aliphatic heterocycles. The number of hydrogen-bond donors (Lipinski definition) is 2. The summed E-state index contributed by atoms with van der Waals surface area (Å²) < 4.78 is 35.8. The Morgan fingerprint density at radius 2 is 2.00 bits per heavy atom. The van der Waals surface area contributed by atoms with Crippen molar-refractivity contribution in [2.24, 2.45) is 17.8 Å². The smallest absolute Gasteiger partial charge is 0.264 e. The van der Waals surface area contributed by atoms with Crippen LogP contribution in [0.5, 0.6) is 5.75 Å². The van der Waals surface area contributed by atoms with Crippen LogP contribution < -0.4 is 14.4 Å². The van der Waals surface area contributed by atoms with Crippen molar-refractivity contribution in [2.75, 3.05) is 24.6 Å². The van der Waals surface area contributed by atoms with E-state index in [2.05, 4.69) is 31.7 Å². The minimum absolute atomic E-state index is 0.0550. The van der Waals surface area contributed by atoms with Gasteiger partial charge in [0.25, 0.3) is 5.91 Å². The van der Waals surface area contributed by atoms with Crippen molar-refractivity contribution in [1.82, 2.24) is 14.7 Å². The molecular formula is C37H43ClN4O5S. The summed E-state index contributed by atoms with van der Waals surface area (Å²) in [5.41, 5.74) is 2.73. The maximum absolute atomic E-state index is 13.5. The summed E-state index contributed by atoms with van der Waals surface area (Å²) in [7, 11) is -3.99. The van der Waals surface area contributed by atoms with Gasteiger partial charge in [0.2, 0.25) is 10.0 Å². The number of hydrogen-bond acceptors (Lipinski definition) is 8. The molecule has 4 aliphatic rings. The Balaban J connectivity index is 1.32. The number of sulfonamides is 1. The van der Waals surface area contributed by atoms with E-state index in [-0.39, 0.29) is 28.7 Å². The number of ether oxygens (including phenoxy) is 1. The molecule has 1 aromatic heterocycles. The number of fused-ring (bicyclic) bond motifs is 4. The van der Waals surface area contributed by atoms with E-state index in [0.717, 1.165) is 48.5 Å². The zero-order valence-corrected chi connectivity index (χ0v) is 29.0. The summed E-state index contributed by atoms with van der Waals surface area (Å²) in [6.45, 7) is 5.23. The van der Waals surface area contributed by atoms with E-state index >= 15 is 0 Å². The monoisotopic (exact) mass is 690 g/mol. The maximum atomic E-state index is 13.5. The second-order valence-electron chi connectivity index (χ2n) is 14.4. The van der Waals surface area contributed by atoms with Crippen LogP contribution in [-0.4, -0.2) is 59.9 Å². The first kappa shape index (κ1) is 33.0. The number of carbonyl (C=O) groups is 1. The van der Waals surface area contributed by atoms with Gasteiger partial charge in [-0.2, -0.15) is 0 Å². The fraction of sp³-hybridized carbons (Fsp3) is 0.486. The van der Waals surface area contributed by atoms with Crippen LogP contribution in [0.3, 0.4) is 0 Å². The first-order valence-corrected chi connectivity index (χ1v) is 18.9. The van der Waals surface area contributed by atoms with Crippen molar-refractivity contribution >= 4 is 33.2 Å². The van der Waals surface area contributed by atoms with Crippen LogP contribution in [0.1, 0.15) is 73.1 Å². The fourth-order valence-electron chi connectivity index (χ4n) is 8.28. The molecule has 6 atom stereocenters. The van der Waals surface area contributed by atoms with Crippen LogP contribution in [0.15, 0.2) is 67.1 Å². The van der Waals surface area contributed by atoms with Gasteiger partial charge in [0.15, 0.2) is 0 Å². The first-order chi connectivity index (χ1) is 23.0. The average Bonchev–Trinajstić information content (AvgIpc) is 3.19. The molecule has 1 spiro atoms. The third-order valence-corrected chi connectivity index (χ3v) is 13.5. The van der Waals surface area contributed by atoms with E-state index in [0.29, 0.717) is 38.3 Å². The number of nitrogens with one attached hydrogen (secondary N) is 1. The van der Waals surface area contributed by atoms with E-state index in [1.165, 1.54) is 17.5 Å². The molecule has 11 heteroatoms. The largest absolute Gasteiger partial charge is 0.490 e. The fourth-order valence-corrected chi connectivity index (χ4v) is 9.76. The van der Waals surface area contributed by atoms with Crippen LogP contribution in [0.4, 0.5) is 5.69 Å². The van der Waals surface area contributed by atoms with E-state index in [1.54, 1.807) is 31.3 Å². The number of rotatable bonds is 2. The molecule has 0 unspecified atom stereocenters. The van der Waals surface area contributed by atoms with E-state index in [1.807, 2.05) is 31.2 Å². The van der Waals surface area contributed by atoms with Gasteiger partial charge < -0.3 is 14.7 Å². The van der Waals surface area contributed by atoms with Crippen LogP contribution in [-0.2, 0) is 28.3 Å². The second kappa shape index (κ2) is 12.8. The third-order valence-electron chi connectivity index (χ3n) is 11.4. The van der Waals surface area contributed by atoms with Crippen molar-refractivity contribution in [2.45, 2.75) is 75.1 Å². The standard InChI is InChI=1S/C37H43ClN4O5S/c1-24-5-3-15-37(44,19-30-13-16-39-23-40-30)32-10-7-28(32)20-42-21-36(14-4-6-26-17-29(38)9-11-31(26)36)22-47-34-12-8-27(18-33(34)42)35(43)41-48(45,46)25(24)2/h3,8-9,11-13,15-18,23-25,28,32,44H,4-7,10,14,19-22H2,1-2H3,(H,41,43)/b15-3+/t24-,25+,28-,32+,36-,37+/m0/s1. The number of anilines is 1. The van der Waals surface area contributed by atoms with Gasteiger partial charge in [0.1, 0.15) is 12.1 Å². The SMILES string of the molecule is C[C@@H]1[C@@H](C)C/C=C/[C@@](O)(Cc2ccncn2)[C@@H]2CC[C@H]2CN2C[C@@]3(CCCc4cc(Cl)ccc43)COc3ccc(cc32)C(=O)NS1(=O)=O. The lowest BCUT2D eigenvalue weighted by molar-refractivity contribution is -0.0453. The summed E-state index contributed by atoms with van der Waals surface area (Å²) in [5.74, 6) is -0.208. The zero-order valence-electron chi connectivity index (χ0n) is 27.4. The van der Waals surface area contributed by atoms with Crippen molar-refractivity contribution in [3.05, 3.63) is 94.5 Å².